The van der Waals surface area contributed by atoms with E-state index in [0.717, 1.165) is 16.9 Å². The number of methoxy groups -OCH3 is 1. The predicted molar refractivity (Wildman–Crippen MR) is 114 cm³/mol. The molecule has 3 aromatic heterocycles. The van der Waals surface area contributed by atoms with Crippen LogP contribution < -0.4 is 15.4 Å². The summed E-state index contributed by atoms with van der Waals surface area (Å²) in [5, 5.41) is 20.2. The van der Waals surface area contributed by atoms with Gasteiger partial charge in [-0.3, -0.25) is 9.67 Å². The van der Waals surface area contributed by atoms with Gasteiger partial charge in [-0.05, 0) is 24.3 Å². The van der Waals surface area contributed by atoms with Crippen molar-refractivity contribution in [3.63, 3.8) is 0 Å². The molecule has 0 fully saturated rings. The number of aromatic nitrogens is 5. The highest BCUT2D eigenvalue weighted by molar-refractivity contribution is 5.79. The van der Waals surface area contributed by atoms with Gasteiger partial charge in [0.05, 0.1) is 37.0 Å². The summed E-state index contributed by atoms with van der Waals surface area (Å²) in [6.45, 7) is -0.211. The molecule has 1 aromatic carbocycles. The minimum atomic E-state index is -0.211. The Morgan fingerprint density at radius 2 is 1.97 bits per heavy atom. The molecule has 0 aliphatic heterocycles. The zero-order chi connectivity index (χ0) is 20.9. The third kappa shape index (κ3) is 4.06. The van der Waals surface area contributed by atoms with Crippen LogP contribution in [0.2, 0.25) is 0 Å². The summed E-state index contributed by atoms with van der Waals surface area (Å²) in [5.41, 5.74) is 3.65. The Balaban J connectivity index is 1.69. The second kappa shape index (κ2) is 8.58. The molecule has 9 nitrogen and oxygen atoms in total. The zero-order valence-corrected chi connectivity index (χ0v) is 16.6. The number of hydrogen-bond donors (Lipinski definition) is 3. The summed E-state index contributed by atoms with van der Waals surface area (Å²) in [4.78, 5) is 13.2. The van der Waals surface area contributed by atoms with E-state index in [1.165, 1.54) is 0 Å². The van der Waals surface area contributed by atoms with E-state index in [4.69, 9.17) is 4.74 Å². The fourth-order valence-corrected chi connectivity index (χ4v) is 3.01. The van der Waals surface area contributed by atoms with E-state index in [1.807, 2.05) is 49.6 Å². The number of aryl methyl sites for hydroxylation is 1. The molecule has 0 aliphatic rings. The number of benzene rings is 1. The third-order valence-corrected chi connectivity index (χ3v) is 4.41. The van der Waals surface area contributed by atoms with Gasteiger partial charge in [-0.15, -0.1) is 0 Å². The Morgan fingerprint density at radius 3 is 2.67 bits per heavy atom. The van der Waals surface area contributed by atoms with E-state index < -0.39 is 0 Å². The van der Waals surface area contributed by atoms with Crippen LogP contribution in [0.5, 0.6) is 5.75 Å². The van der Waals surface area contributed by atoms with Crippen molar-refractivity contribution >= 4 is 23.1 Å². The summed E-state index contributed by atoms with van der Waals surface area (Å²) in [6.07, 6.45) is 6.80. The second-order valence-electron chi connectivity index (χ2n) is 6.48. The molecule has 0 radical (unpaired) electrons. The van der Waals surface area contributed by atoms with E-state index in [2.05, 4.69) is 30.7 Å². The summed E-state index contributed by atoms with van der Waals surface area (Å²) in [5.74, 6) is 1.47. The van der Waals surface area contributed by atoms with E-state index in [1.54, 1.807) is 30.4 Å². The molecule has 152 valence electrons. The molecule has 9 heteroatoms. The zero-order valence-electron chi connectivity index (χ0n) is 16.6. The van der Waals surface area contributed by atoms with Gasteiger partial charge in [0.25, 0.3) is 0 Å². The lowest BCUT2D eigenvalue weighted by atomic mass is 10.1. The van der Waals surface area contributed by atoms with Crippen molar-refractivity contribution in [2.75, 3.05) is 17.7 Å². The predicted octanol–water partition coefficient (Wildman–Crippen LogP) is 3.26. The summed E-state index contributed by atoms with van der Waals surface area (Å²) in [6, 6.07) is 11.4. The largest absolute Gasteiger partial charge is 0.494 e. The lowest BCUT2D eigenvalue weighted by molar-refractivity contribution is 0.281. The number of nitrogens with one attached hydrogen (secondary N) is 2. The van der Waals surface area contributed by atoms with Gasteiger partial charge in [-0.1, -0.05) is 12.1 Å². The maximum absolute atomic E-state index is 9.74. The molecule has 0 saturated carbocycles. The SMILES string of the molecule is COc1c(Nc2nc(Nc3cnn(C)c3)ncc2CO)cccc1-c1ccccn1. The van der Waals surface area contributed by atoms with Crippen LogP contribution in [0.3, 0.4) is 0 Å². The van der Waals surface area contributed by atoms with Crippen LogP contribution in [-0.2, 0) is 13.7 Å². The summed E-state index contributed by atoms with van der Waals surface area (Å²) < 4.78 is 7.35. The maximum atomic E-state index is 9.74. The van der Waals surface area contributed by atoms with Crippen LogP contribution in [0.15, 0.2) is 61.2 Å². The molecule has 30 heavy (non-hydrogen) atoms. The molecule has 0 aliphatic carbocycles. The van der Waals surface area contributed by atoms with Crippen molar-refractivity contribution in [3.8, 4) is 17.0 Å². The number of rotatable bonds is 7. The summed E-state index contributed by atoms with van der Waals surface area (Å²) in [7, 11) is 3.43. The Morgan fingerprint density at radius 1 is 1.07 bits per heavy atom. The highest BCUT2D eigenvalue weighted by Gasteiger charge is 2.15. The molecule has 3 heterocycles. The van der Waals surface area contributed by atoms with Crippen molar-refractivity contribution < 1.29 is 9.84 Å². The first-order valence-corrected chi connectivity index (χ1v) is 9.26. The van der Waals surface area contributed by atoms with Gasteiger partial charge in [0, 0.05) is 36.8 Å². The second-order valence-corrected chi connectivity index (χ2v) is 6.48. The van der Waals surface area contributed by atoms with Gasteiger partial charge in [-0.25, -0.2) is 4.98 Å². The molecule has 0 amide bonds. The van der Waals surface area contributed by atoms with E-state index in [-0.39, 0.29) is 6.61 Å². The number of nitrogens with zero attached hydrogens (tertiary/aromatic N) is 5. The molecular weight excluding hydrogens is 382 g/mol. The average Bonchev–Trinajstić information content (AvgIpc) is 3.19. The molecule has 4 rings (SSSR count). The van der Waals surface area contributed by atoms with Gasteiger partial charge in [-0.2, -0.15) is 10.1 Å². The Labute approximate surface area is 173 Å². The van der Waals surface area contributed by atoms with Crippen LogP contribution in [0, 0.1) is 0 Å². The molecular formula is C21H21N7O2. The number of aliphatic hydroxyl groups excluding tert-OH is 1. The standard InChI is InChI=1S/C21H21N7O2/c1-28-12-15(11-24-28)25-21-23-10-14(13-29)20(27-21)26-18-8-5-6-16(19(18)30-2)17-7-3-4-9-22-17/h3-12,29H,13H2,1-2H3,(H2,23,25,26,27). The van der Waals surface area contributed by atoms with Gasteiger partial charge in [0.15, 0.2) is 5.75 Å². The van der Waals surface area contributed by atoms with Crippen LogP contribution in [0.4, 0.5) is 23.1 Å². The van der Waals surface area contributed by atoms with E-state index >= 15 is 0 Å². The Hall–Kier alpha value is -3.98. The number of aliphatic hydroxyl groups is 1. The van der Waals surface area contributed by atoms with Crippen LogP contribution in [0.1, 0.15) is 5.56 Å². The van der Waals surface area contributed by atoms with Crippen molar-refractivity contribution in [2.24, 2.45) is 7.05 Å². The fraction of sp³-hybridized carbons (Fsp3) is 0.143. The highest BCUT2D eigenvalue weighted by atomic mass is 16.5. The number of para-hydroxylation sites is 1. The minimum absolute atomic E-state index is 0.211. The van der Waals surface area contributed by atoms with E-state index in [9.17, 15) is 5.11 Å². The topological polar surface area (TPSA) is 110 Å². The molecule has 0 unspecified atom stereocenters. The highest BCUT2D eigenvalue weighted by Crippen LogP contribution is 2.37. The number of hydrogen-bond acceptors (Lipinski definition) is 8. The monoisotopic (exact) mass is 403 g/mol. The quantitative estimate of drug-likeness (QED) is 0.431. The van der Waals surface area contributed by atoms with Crippen molar-refractivity contribution in [1.29, 1.82) is 0 Å². The molecule has 0 bridgehead atoms. The van der Waals surface area contributed by atoms with Crippen molar-refractivity contribution in [2.45, 2.75) is 6.61 Å². The van der Waals surface area contributed by atoms with Crippen LogP contribution >= 0.6 is 0 Å². The van der Waals surface area contributed by atoms with Gasteiger partial charge in [0.2, 0.25) is 5.95 Å². The van der Waals surface area contributed by atoms with Crippen molar-refractivity contribution in [3.05, 3.63) is 66.7 Å². The first-order chi connectivity index (χ1) is 14.7. The van der Waals surface area contributed by atoms with Crippen molar-refractivity contribution in [1.82, 2.24) is 24.7 Å². The first kappa shape index (κ1) is 19.3. The molecule has 4 aromatic rings. The number of pyridine rings is 1. The maximum Gasteiger partial charge on any atom is 0.229 e. The Bertz CT molecular complexity index is 1150. The lowest BCUT2D eigenvalue weighted by Gasteiger charge is -2.16. The fourth-order valence-electron chi connectivity index (χ4n) is 3.01. The summed E-state index contributed by atoms with van der Waals surface area (Å²) >= 11 is 0. The van der Waals surface area contributed by atoms with E-state index in [0.29, 0.717) is 28.8 Å². The number of anilines is 4. The number of ether oxygens (including phenoxy) is 1. The molecule has 3 N–H and O–H groups in total. The lowest BCUT2D eigenvalue weighted by Crippen LogP contribution is -2.05. The van der Waals surface area contributed by atoms with Gasteiger partial charge < -0.3 is 20.5 Å². The van der Waals surface area contributed by atoms with Crippen LogP contribution in [-0.4, -0.2) is 36.9 Å². The van der Waals surface area contributed by atoms with Gasteiger partial charge in [0.1, 0.15) is 5.82 Å². The van der Waals surface area contributed by atoms with Crippen LogP contribution in [0.25, 0.3) is 11.3 Å². The molecule has 0 spiro atoms. The Kier molecular flexibility index (Phi) is 5.53. The smallest absolute Gasteiger partial charge is 0.229 e. The molecule has 0 atom stereocenters. The minimum Gasteiger partial charge on any atom is -0.494 e. The normalized spacial score (nSPS) is 10.6. The average molecular weight is 403 g/mol. The first-order valence-electron chi connectivity index (χ1n) is 9.26. The van der Waals surface area contributed by atoms with Gasteiger partial charge >= 0.3 is 0 Å². The third-order valence-electron chi connectivity index (χ3n) is 4.41. The molecule has 0 saturated heterocycles.